The summed E-state index contributed by atoms with van der Waals surface area (Å²) in [7, 11) is 0. The number of alkyl halides is 1. The van der Waals surface area contributed by atoms with Crippen molar-refractivity contribution in [2.75, 3.05) is 12.5 Å². The molecular formula is C11H13ClO. The maximum Gasteiger partial charge on any atom is 0.125 e. The van der Waals surface area contributed by atoms with Crippen molar-refractivity contribution in [3.05, 3.63) is 29.3 Å². The molecule has 1 nitrogen and oxygen atoms in total. The van der Waals surface area contributed by atoms with Gasteiger partial charge in [0, 0.05) is 12.3 Å². The molecule has 0 aliphatic carbocycles. The van der Waals surface area contributed by atoms with Crippen LogP contribution < -0.4 is 4.74 Å². The molecule has 2 heteroatoms. The molecule has 1 aromatic carbocycles. The minimum atomic E-state index is 0.726. The molecule has 0 saturated carbocycles. The van der Waals surface area contributed by atoms with E-state index in [9.17, 15) is 0 Å². The van der Waals surface area contributed by atoms with E-state index in [0.29, 0.717) is 0 Å². The van der Waals surface area contributed by atoms with Crippen molar-refractivity contribution in [1.29, 1.82) is 0 Å². The second kappa shape index (κ2) is 4.01. The molecule has 70 valence electrons. The van der Waals surface area contributed by atoms with E-state index in [1.165, 1.54) is 11.1 Å². The van der Waals surface area contributed by atoms with Crippen LogP contribution in [0.4, 0.5) is 0 Å². The Bertz CT molecular complexity index is 296. The van der Waals surface area contributed by atoms with E-state index < -0.39 is 0 Å². The van der Waals surface area contributed by atoms with Gasteiger partial charge in [-0.25, -0.2) is 0 Å². The van der Waals surface area contributed by atoms with Gasteiger partial charge in [0.05, 0.1) is 6.61 Å². The Balaban J connectivity index is 2.20. The van der Waals surface area contributed by atoms with E-state index in [0.717, 1.165) is 37.5 Å². The van der Waals surface area contributed by atoms with Gasteiger partial charge in [0.15, 0.2) is 0 Å². The van der Waals surface area contributed by atoms with E-state index in [1.54, 1.807) is 0 Å². The summed E-state index contributed by atoms with van der Waals surface area (Å²) < 4.78 is 5.58. The maximum atomic E-state index is 5.66. The van der Waals surface area contributed by atoms with Crippen LogP contribution in [0.15, 0.2) is 18.2 Å². The fraction of sp³-hybridized carbons (Fsp3) is 0.455. The van der Waals surface area contributed by atoms with Crippen molar-refractivity contribution in [2.24, 2.45) is 0 Å². The Morgan fingerprint density at radius 1 is 1.38 bits per heavy atom. The van der Waals surface area contributed by atoms with E-state index in [-0.39, 0.29) is 0 Å². The minimum absolute atomic E-state index is 0.726. The number of para-hydroxylation sites is 1. The fourth-order valence-corrected chi connectivity index (χ4v) is 1.87. The molecule has 1 aromatic rings. The zero-order valence-electron chi connectivity index (χ0n) is 7.55. The molecule has 0 unspecified atom stereocenters. The highest BCUT2D eigenvalue weighted by molar-refractivity contribution is 6.17. The molecule has 0 N–H and O–H groups in total. The van der Waals surface area contributed by atoms with Gasteiger partial charge in [0.2, 0.25) is 0 Å². The lowest BCUT2D eigenvalue weighted by atomic mass is 10.0. The SMILES string of the molecule is ClCCCc1cccc2c1OCC2. The quantitative estimate of drug-likeness (QED) is 0.676. The Kier molecular flexibility index (Phi) is 2.74. The van der Waals surface area contributed by atoms with Crippen LogP contribution in [0.5, 0.6) is 5.75 Å². The normalized spacial score (nSPS) is 13.9. The third-order valence-electron chi connectivity index (χ3n) is 2.38. The first kappa shape index (κ1) is 8.89. The minimum Gasteiger partial charge on any atom is -0.493 e. The first-order chi connectivity index (χ1) is 6.42. The van der Waals surface area contributed by atoms with Crippen LogP contribution in [0.2, 0.25) is 0 Å². The summed E-state index contributed by atoms with van der Waals surface area (Å²) in [6.07, 6.45) is 3.12. The molecule has 0 atom stereocenters. The molecule has 1 heterocycles. The van der Waals surface area contributed by atoms with E-state index in [4.69, 9.17) is 16.3 Å². The summed E-state index contributed by atoms with van der Waals surface area (Å²) in [5.74, 6) is 1.84. The lowest BCUT2D eigenvalue weighted by Gasteiger charge is -2.06. The van der Waals surface area contributed by atoms with Gasteiger partial charge in [-0.15, -0.1) is 11.6 Å². The third-order valence-corrected chi connectivity index (χ3v) is 2.64. The molecule has 1 aliphatic heterocycles. The lowest BCUT2D eigenvalue weighted by molar-refractivity contribution is 0.353. The molecule has 0 bridgehead atoms. The summed E-state index contributed by atoms with van der Waals surface area (Å²) in [4.78, 5) is 0. The Labute approximate surface area is 83.7 Å². The topological polar surface area (TPSA) is 9.23 Å². The molecular weight excluding hydrogens is 184 g/mol. The van der Waals surface area contributed by atoms with Gasteiger partial charge in [-0.3, -0.25) is 0 Å². The van der Waals surface area contributed by atoms with Crippen LogP contribution in [0.3, 0.4) is 0 Å². The molecule has 13 heavy (non-hydrogen) atoms. The van der Waals surface area contributed by atoms with Gasteiger partial charge in [0.1, 0.15) is 5.75 Å². The van der Waals surface area contributed by atoms with E-state index in [2.05, 4.69) is 18.2 Å². The van der Waals surface area contributed by atoms with Crippen LogP contribution in [-0.2, 0) is 12.8 Å². The number of aryl methyl sites for hydroxylation is 1. The number of ether oxygens (including phenoxy) is 1. The van der Waals surface area contributed by atoms with Crippen molar-refractivity contribution in [1.82, 2.24) is 0 Å². The standard InChI is InChI=1S/C11H13ClO/c12-7-2-5-9-3-1-4-10-6-8-13-11(9)10/h1,3-4H,2,5-8H2. The summed E-state index contributed by atoms with van der Waals surface area (Å²) in [5, 5.41) is 0. The van der Waals surface area contributed by atoms with Gasteiger partial charge in [-0.05, 0) is 24.0 Å². The van der Waals surface area contributed by atoms with Crippen LogP contribution >= 0.6 is 11.6 Å². The molecule has 0 fully saturated rings. The van der Waals surface area contributed by atoms with Crippen molar-refractivity contribution in [2.45, 2.75) is 19.3 Å². The first-order valence-electron chi connectivity index (χ1n) is 4.71. The van der Waals surface area contributed by atoms with E-state index in [1.807, 2.05) is 0 Å². The van der Waals surface area contributed by atoms with Gasteiger partial charge in [-0.2, -0.15) is 0 Å². The summed E-state index contributed by atoms with van der Waals surface area (Å²) >= 11 is 5.66. The molecule has 0 amide bonds. The average Bonchev–Trinajstić information content (AvgIpc) is 2.62. The van der Waals surface area contributed by atoms with Gasteiger partial charge >= 0.3 is 0 Å². The molecule has 0 saturated heterocycles. The monoisotopic (exact) mass is 196 g/mol. The Hall–Kier alpha value is -0.690. The number of benzene rings is 1. The summed E-state index contributed by atoms with van der Waals surface area (Å²) in [6.45, 7) is 0.840. The number of hydrogen-bond acceptors (Lipinski definition) is 1. The van der Waals surface area contributed by atoms with Crippen molar-refractivity contribution in [3.8, 4) is 5.75 Å². The van der Waals surface area contributed by atoms with Crippen LogP contribution in [0.1, 0.15) is 17.5 Å². The fourth-order valence-electron chi connectivity index (χ4n) is 1.74. The lowest BCUT2D eigenvalue weighted by Crippen LogP contribution is -1.92. The van der Waals surface area contributed by atoms with Crippen LogP contribution in [0.25, 0.3) is 0 Å². The smallest absolute Gasteiger partial charge is 0.125 e. The second-order valence-electron chi connectivity index (χ2n) is 3.30. The highest BCUT2D eigenvalue weighted by Gasteiger charge is 2.14. The molecule has 1 aliphatic rings. The number of halogens is 1. The third kappa shape index (κ3) is 1.80. The number of rotatable bonds is 3. The molecule has 2 rings (SSSR count). The Morgan fingerprint density at radius 2 is 2.31 bits per heavy atom. The largest absolute Gasteiger partial charge is 0.493 e. The molecule has 0 aromatic heterocycles. The highest BCUT2D eigenvalue weighted by Crippen LogP contribution is 2.30. The van der Waals surface area contributed by atoms with Crippen molar-refractivity contribution >= 4 is 11.6 Å². The molecule has 0 spiro atoms. The van der Waals surface area contributed by atoms with Crippen LogP contribution in [0, 0.1) is 0 Å². The summed E-state index contributed by atoms with van der Waals surface area (Å²) in [6, 6.07) is 6.39. The zero-order valence-corrected chi connectivity index (χ0v) is 8.31. The van der Waals surface area contributed by atoms with Crippen molar-refractivity contribution in [3.63, 3.8) is 0 Å². The number of hydrogen-bond donors (Lipinski definition) is 0. The predicted octanol–water partition coefficient (Wildman–Crippen LogP) is 2.79. The van der Waals surface area contributed by atoms with Crippen LogP contribution in [-0.4, -0.2) is 12.5 Å². The Morgan fingerprint density at radius 3 is 3.15 bits per heavy atom. The van der Waals surface area contributed by atoms with Gasteiger partial charge < -0.3 is 4.74 Å². The van der Waals surface area contributed by atoms with E-state index >= 15 is 0 Å². The molecule has 0 radical (unpaired) electrons. The van der Waals surface area contributed by atoms with Crippen molar-refractivity contribution < 1.29 is 4.74 Å². The van der Waals surface area contributed by atoms with Gasteiger partial charge in [-0.1, -0.05) is 18.2 Å². The maximum absolute atomic E-state index is 5.66. The number of fused-ring (bicyclic) bond motifs is 1. The first-order valence-corrected chi connectivity index (χ1v) is 5.25. The summed E-state index contributed by atoms with van der Waals surface area (Å²) in [5.41, 5.74) is 2.67. The highest BCUT2D eigenvalue weighted by atomic mass is 35.5. The second-order valence-corrected chi connectivity index (χ2v) is 3.67. The average molecular weight is 197 g/mol. The van der Waals surface area contributed by atoms with Gasteiger partial charge in [0.25, 0.3) is 0 Å². The zero-order chi connectivity index (χ0) is 9.10. The predicted molar refractivity (Wildman–Crippen MR) is 54.7 cm³/mol.